The molecule has 2 rings (SSSR count). The highest BCUT2D eigenvalue weighted by atomic mass is 35.5. The van der Waals surface area contributed by atoms with E-state index in [2.05, 4.69) is 10.0 Å². The van der Waals surface area contributed by atoms with Crippen molar-refractivity contribution in [1.82, 2.24) is 4.72 Å². The molecule has 0 fully saturated rings. The quantitative estimate of drug-likeness (QED) is 0.848. The van der Waals surface area contributed by atoms with Crippen molar-refractivity contribution in [3.63, 3.8) is 0 Å². The average molecular weight is 367 g/mol. The Kier molecular flexibility index (Phi) is 5.64. The molecule has 0 spiro atoms. The van der Waals surface area contributed by atoms with Gasteiger partial charge in [-0.05, 0) is 55.3 Å². The second-order valence-corrected chi connectivity index (χ2v) is 7.68. The average Bonchev–Trinajstić information content (AvgIpc) is 2.45. The maximum Gasteiger partial charge on any atom is 0.241 e. The maximum absolute atomic E-state index is 12.6. The zero-order valence-electron chi connectivity index (χ0n) is 13.6. The molecule has 0 heterocycles. The van der Waals surface area contributed by atoms with Gasteiger partial charge in [-0.1, -0.05) is 23.7 Å². The van der Waals surface area contributed by atoms with Crippen LogP contribution < -0.4 is 10.0 Å². The third kappa shape index (κ3) is 4.56. The Morgan fingerprint density at radius 3 is 2.50 bits per heavy atom. The van der Waals surface area contributed by atoms with Crippen molar-refractivity contribution in [2.45, 2.75) is 31.7 Å². The van der Waals surface area contributed by atoms with Crippen LogP contribution in [-0.2, 0) is 14.8 Å². The highest BCUT2D eigenvalue weighted by Crippen LogP contribution is 2.23. The minimum atomic E-state index is -3.69. The minimum Gasteiger partial charge on any atom is -0.326 e. The van der Waals surface area contributed by atoms with E-state index in [1.807, 2.05) is 0 Å². The van der Waals surface area contributed by atoms with Gasteiger partial charge in [-0.3, -0.25) is 4.79 Å². The van der Waals surface area contributed by atoms with Gasteiger partial charge in [0.25, 0.3) is 0 Å². The summed E-state index contributed by atoms with van der Waals surface area (Å²) < 4.78 is 27.8. The highest BCUT2D eigenvalue weighted by molar-refractivity contribution is 7.89. The van der Waals surface area contributed by atoms with E-state index in [-0.39, 0.29) is 10.8 Å². The van der Waals surface area contributed by atoms with E-state index in [0.717, 1.165) is 5.56 Å². The molecule has 2 N–H and O–H groups in total. The van der Waals surface area contributed by atoms with Crippen LogP contribution >= 0.6 is 11.6 Å². The van der Waals surface area contributed by atoms with E-state index in [1.165, 1.54) is 13.0 Å². The van der Waals surface area contributed by atoms with Crippen LogP contribution in [0.1, 0.15) is 31.0 Å². The molecule has 1 atom stereocenters. The molecular formula is C17H19ClN2O3S. The summed E-state index contributed by atoms with van der Waals surface area (Å²) in [4.78, 5) is 11.3. The maximum atomic E-state index is 12.6. The van der Waals surface area contributed by atoms with Crippen LogP contribution in [0.5, 0.6) is 0 Å². The Labute approximate surface area is 147 Å². The van der Waals surface area contributed by atoms with Crippen LogP contribution in [0.25, 0.3) is 0 Å². The van der Waals surface area contributed by atoms with Crippen LogP contribution in [-0.4, -0.2) is 14.3 Å². The number of sulfonamides is 1. The van der Waals surface area contributed by atoms with Gasteiger partial charge in [0, 0.05) is 23.7 Å². The summed E-state index contributed by atoms with van der Waals surface area (Å²) in [6.45, 7) is 4.86. The number of carbonyl (C=O) groups excluding carboxylic acids is 1. The number of carbonyl (C=O) groups is 1. The van der Waals surface area contributed by atoms with Crippen LogP contribution in [0.3, 0.4) is 0 Å². The van der Waals surface area contributed by atoms with E-state index in [9.17, 15) is 13.2 Å². The molecule has 0 bridgehead atoms. The Morgan fingerprint density at radius 2 is 1.88 bits per heavy atom. The van der Waals surface area contributed by atoms with Crippen LogP contribution in [0.4, 0.5) is 5.69 Å². The van der Waals surface area contributed by atoms with Gasteiger partial charge >= 0.3 is 0 Å². The standard InChI is InChI=1S/C17H19ClN2O3S/c1-11-9-15(18)7-8-17(11)24(22,23)20-12(2)14-5-4-6-16(10-14)19-13(3)21/h4-10,12,20H,1-3H3,(H,19,21)/t12-/m1/s1. The topological polar surface area (TPSA) is 75.3 Å². The number of aryl methyl sites for hydroxylation is 1. The van der Waals surface area contributed by atoms with E-state index in [0.29, 0.717) is 16.3 Å². The largest absolute Gasteiger partial charge is 0.326 e. The molecule has 0 saturated carbocycles. The third-order valence-electron chi connectivity index (χ3n) is 3.47. The lowest BCUT2D eigenvalue weighted by molar-refractivity contribution is -0.114. The smallest absolute Gasteiger partial charge is 0.241 e. The first-order chi connectivity index (χ1) is 11.2. The van der Waals surface area contributed by atoms with Gasteiger partial charge in [0.2, 0.25) is 15.9 Å². The lowest BCUT2D eigenvalue weighted by Gasteiger charge is -2.17. The molecule has 2 aromatic carbocycles. The van der Waals surface area contributed by atoms with Crippen molar-refractivity contribution in [2.75, 3.05) is 5.32 Å². The number of anilines is 1. The van der Waals surface area contributed by atoms with Crippen molar-refractivity contribution in [1.29, 1.82) is 0 Å². The predicted molar refractivity (Wildman–Crippen MR) is 95.7 cm³/mol. The fraction of sp³-hybridized carbons (Fsp3) is 0.235. The number of halogens is 1. The molecule has 1 amide bonds. The lowest BCUT2D eigenvalue weighted by atomic mass is 10.1. The predicted octanol–water partition coefficient (Wildman–Crippen LogP) is 3.65. The Hall–Kier alpha value is -1.89. The molecule has 0 aliphatic rings. The van der Waals surface area contributed by atoms with Crippen molar-refractivity contribution in [3.8, 4) is 0 Å². The van der Waals surface area contributed by atoms with Crippen molar-refractivity contribution >= 4 is 33.2 Å². The number of hydrogen-bond donors (Lipinski definition) is 2. The first kappa shape index (κ1) is 18.4. The zero-order valence-corrected chi connectivity index (χ0v) is 15.2. The van der Waals surface area contributed by atoms with Gasteiger partial charge in [-0.15, -0.1) is 0 Å². The van der Waals surface area contributed by atoms with E-state index < -0.39 is 16.1 Å². The van der Waals surface area contributed by atoms with Gasteiger partial charge in [-0.2, -0.15) is 0 Å². The number of hydrogen-bond acceptors (Lipinski definition) is 3. The summed E-state index contributed by atoms with van der Waals surface area (Å²) >= 11 is 5.88. The van der Waals surface area contributed by atoms with E-state index in [4.69, 9.17) is 11.6 Å². The summed E-state index contributed by atoms with van der Waals surface area (Å²) in [5.74, 6) is -0.183. The zero-order chi connectivity index (χ0) is 17.9. The van der Waals surface area contributed by atoms with Crippen LogP contribution in [0.15, 0.2) is 47.4 Å². The van der Waals surface area contributed by atoms with Crippen LogP contribution in [0, 0.1) is 6.92 Å². The normalized spacial score (nSPS) is 12.7. The molecule has 128 valence electrons. The summed E-state index contributed by atoms with van der Waals surface area (Å²) in [6.07, 6.45) is 0. The first-order valence-corrected chi connectivity index (χ1v) is 9.21. The monoisotopic (exact) mass is 366 g/mol. The highest BCUT2D eigenvalue weighted by Gasteiger charge is 2.20. The molecule has 0 unspecified atom stereocenters. The second-order valence-electron chi connectivity index (χ2n) is 5.56. The Balaban J connectivity index is 2.24. The number of rotatable bonds is 5. The van der Waals surface area contributed by atoms with Gasteiger partial charge in [-0.25, -0.2) is 13.1 Å². The third-order valence-corrected chi connectivity index (χ3v) is 5.40. The molecule has 0 aromatic heterocycles. The first-order valence-electron chi connectivity index (χ1n) is 7.35. The lowest BCUT2D eigenvalue weighted by Crippen LogP contribution is -2.27. The summed E-state index contributed by atoms with van der Waals surface area (Å²) in [7, 11) is -3.69. The van der Waals surface area contributed by atoms with Crippen LogP contribution in [0.2, 0.25) is 5.02 Å². The van der Waals surface area contributed by atoms with Crippen molar-refractivity contribution in [2.24, 2.45) is 0 Å². The number of benzene rings is 2. The van der Waals surface area contributed by atoms with E-state index >= 15 is 0 Å². The number of nitrogens with one attached hydrogen (secondary N) is 2. The van der Waals surface area contributed by atoms with Gasteiger partial charge < -0.3 is 5.32 Å². The molecule has 0 aliphatic heterocycles. The van der Waals surface area contributed by atoms with Crippen molar-refractivity contribution in [3.05, 3.63) is 58.6 Å². The van der Waals surface area contributed by atoms with Crippen molar-refractivity contribution < 1.29 is 13.2 Å². The molecule has 5 nitrogen and oxygen atoms in total. The SMILES string of the molecule is CC(=O)Nc1cccc([C@@H](C)NS(=O)(=O)c2ccc(Cl)cc2C)c1. The fourth-order valence-electron chi connectivity index (χ4n) is 2.37. The molecule has 2 aromatic rings. The summed E-state index contributed by atoms with van der Waals surface area (Å²) in [6, 6.07) is 11.2. The molecule has 0 radical (unpaired) electrons. The Morgan fingerprint density at radius 1 is 1.17 bits per heavy atom. The molecule has 7 heteroatoms. The molecule has 0 saturated heterocycles. The van der Waals surface area contributed by atoms with Gasteiger partial charge in [0.05, 0.1) is 4.90 Å². The minimum absolute atomic E-state index is 0.183. The Bertz CT molecular complexity index is 866. The summed E-state index contributed by atoms with van der Waals surface area (Å²) in [5.41, 5.74) is 1.94. The van der Waals surface area contributed by atoms with Gasteiger partial charge in [0.15, 0.2) is 0 Å². The fourth-order valence-corrected chi connectivity index (χ4v) is 4.05. The molecular weight excluding hydrogens is 348 g/mol. The second kappa shape index (κ2) is 7.34. The number of amides is 1. The molecule has 24 heavy (non-hydrogen) atoms. The van der Waals surface area contributed by atoms with E-state index in [1.54, 1.807) is 50.2 Å². The molecule has 0 aliphatic carbocycles. The summed E-state index contributed by atoms with van der Waals surface area (Å²) in [5, 5.41) is 3.17. The van der Waals surface area contributed by atoms with Gasteiger partial charge in [0.1, 0.15) is 0 Å².